The topological polar surface area (TPSA) is 81.7 Å². The lowest BCUT2D eigenvalue weighted by atomic mass is 9.85. The first-order valence-corrected chi connectivity index (χ1v) is 8.23. The molecule has 0 unspecified atom stereocenters. The van der Waals surface area contributed by atoms with Gasteiger partial charge in [0.2, 0.25) is 0 Å². The van der Waals surface area contributed by atoms with Crippen LogP contribution in [0.25, 0.3) is 5.57 Å². The second-order valence-corrected chi connectivity index (χ2v) is 6.08. The minimum absolute atomic E-state index is 0.0526. The maximum Gasteiger partial charge on any atom is 0.317 e. The van der Waals surface area contributed by atoms with E-state index in [1.807, 2.05) is 42.2 Å². The van der Waals surface area contributed by atoms with E-state index in [4.69, 9.17) is 5.11 Å². The van der Waals surface area contributed by atoms with Crippen LogP contribution in [-0.2, 0) is 4.79 Å². The number of carbonyl (C=O) groups excluding carboxylic acids is 1. The van der Waals surface area contributed by atoms with Gasteiger partial charge in [-0.15, -0.1) is 0 Å². The first-order valence-electron chi connectivity index (χ1n) is 8.23. The van der Waals surface area contributed by atoms with Gasteiger partial charge >= 0.3 is 12.0 Å². The van der Waals surface area contributed by atoms with Crippen molar-refractivity contribution in [3.05, 3.63) is 42.5 Å². The van der Waals surface area contributed by atoms with Crippen LogP contribution in [0.5, 0.6) is 0 Å². The van der Waals surface area contributed by atoms with E-state index < -0.39 is 5.97 Å². The highest BCUT2D eigenvalue weighted by Crippen LogP contribution is 2.25. The Morgan fingerprint density at radius 2 is 1.96 bits per heavy atom. The maximum atomic E-state index is 11.9. The molecular formula is C18H25N3O3. The molecule has 0 radical (unpaired) electrons. The Hall–Kier alpha value is -2.34. The number of carboxylic acid groups (broad SMARTS) is 1. The first-order chi connectivity index (χ1) is 11.5. The molecule has 0 saturated heterocycles. The molecule has 1 aromatic rings. The van der Waals surface area contributed by atoms with Gasteiger partial charge in [-0.25, -0.2) is 4.79 Å². The number of aliphatic carboxylic acids is 1. The van der Waals surface area contributed by atoms with Crippen molar-refractivity contribution >= 4 is 17.6 Å². The Bertz CT molecular complexity index is 582. The second kappa shape index (κ2) is 8.49. The van der Waals surface area contributed by atoms with Crippen LogP contribution in [0.3, 0.4) is 0 Å². The Morgan fingerprint density at radius 3 is 2.54 bits per heavy atom. The van der Waals surface area contributed by atoms with Gasteiger partial charge < -0.3 is 15.7 Å². The van der Waals surface area contributed by atoms with E-state index in [0.717, 1.165) is 24.0 Å². The zero-order valence-electron chi connectivity index (χ0n) is 14.0. The molecule has 0 heterocycles. The predicted octanol–water partition coefficient (Wildman–Crippen LogP) is 1.94. The van der Waals surface area contributed by atoms with Crippen molar-refractivity contribution < 1.29 is 14.7 Å². The van der Waals surface area contributed by atoms with E-state index in [-0.39, 0.29) is 24.7 Å². The lowest BCUT2D eigenvalue weighted by Gasteiger charge is -2.42. The molecule has 6 heteroatoms. The summed E-state index contributed by atoms with van der Waals surface area (Å²) in [6.45, 7) is 7.08. The minimum atomic E-state index is -0.814. The third kappa shape index (κ3) is 5.09. The Balaban J connectivity index is 1.67. The van der Waals surface area contributed by atoms with Crippen LogP contribution in [0.4, 0.5) is 4.79 Å². The highest BCUT2D eigenvalue weighted by atomic mass is 16.4. The molecule has 2 amide bonds. The van der Waals surface area contributed by atoms with Crippen molar-refractivity contribution in [2.24, 2.45) is 0 Å². The van der Waals surface area contributed by atoms with E-state index in [9.17, 15) is 9.59 Å². The summed E-state index contributed by atoms with van der Waals surface area (Å²) in [5.74, 6) is -0.814. The van der Waals surface area contributed by atoms with Crippen LogP contribution in [0.1, 0.15) is 25.3 Å². The Labute approximate surface area is 142 Å². The van der Waals surface area contributed by atoms with Gasteiger partial charge in [-0.3, -0.25) is 9.69 Å². The molecule has 0 spiro atoms. The van der Waals surface area contributed by atoms with Crippen LogP contribution in [0.2, 0.25) is 0 Å². The van der Waals surface area contributed by atoms with E-state index in [2.05, 4.69) is 17.2 Å². The fourth-order valence-corrected chi connectivity index (χ4v) is 2.88. The van der Waals surface area contributed by atoms with Gasteiger partial charge in [0.1, 0.15) is 0 Å². The third-order valence-corrected chi connectivity index (χ3v) is 4.35. The Kier molecular flexibility index (Phi) is 6.37. The average Bonchev–Trinajstić information content (AvgIpc) is 2.54. The number of carbonyl (C=O) groups is 2. The van der Waals surface area contributed by atoms with Gasteiger partial charge in [0.25, 0.3) is 0 Å². The van der Waals surface area contributed by atoms with Crippen molar-refractivity contribution in [2.45, 2.75) is 31.8 Å². The van der Waals surface area contributed by atoms with Gasteiger partial charge in [-0.1, -0.05) is 43.8 Å². The summed E-state index contributed by atoms with van der Waals surface area (Å²) in [5.41, 5.74) is 1.87. The number of rotatable bonds is 8. The van der Waals surface area contributed by atoms with Crippen molar-refractivity contribution in [1.29, 1.82) is 0 Å². The highest BCUT2D eigenvalue weighted by molar-refractivity contribution is 5.77. The number of carboxylic acids is 1. The number of urea groups is 1. The second-order valence-electron chi connectivity index (χ2n) is 6.08. The Morgan fingerprint density at radius 1 is 1.29 bits per heavy atom. The van der Waals surface area contributed by atoms with E-state index >= 15 is 0 Å². The van der Waals surface area contributed by atoms with Crippen LogP contribution in [0.15, 0.2) is 36.9 Å². The lowest BCUT2D eigenvalue weighted by Crippen LogP contribution is -2.56. The van der Waals surface area contributed by atoms with Crippen molar-refractivity contribution in [1.82, 2.24) is 15.5 Å². The minimum Gasteiger partial charge on any atom is -0.480 e. The summed E-state index contributed by atoms with van der Waals surface area (Å²) < 4.78 is 0. The van der Waals surface area contributed by atoms with E-state index in [0.29, 0.717) is 13.1 Å². The van der Waals surface area contributed by atoms with E-state index in [1.165, 1.54) is 0 Å². The van der Waals surface area contributed by atoms with Crippen LogP contribution >= 0.6 is 0 Å². The van der Waals surface area contributed by atoms with Crippen molar-refractivity contribution in [3.8, 4) is 0 Å². The highest BCUT2D eigenvalue weighted by Gasteiger charge is 2.34. The monoisotopic (exact) mass is 331 g/mol. The summed E-state index contributed by atoms with van der Waals surface area (Å²) in [5, 5.41) is 14.6. The molecule has 0 atom stereocenters. The molecule has 130 valence electrons. The van der Waals surface area contributed by atoms with Crippen LogP contribution < -0.4 is 10.6 Å². The van der Waals surface area contributed by atoms with Gasteiger partial charge in [-0.2, -0.15) is 0 Å². The molecule has 6 nitrogen and oxygen atoms in total. The van der Waals surface area contributed by atoms with Gasteiger partial charge in [0, 0.05) is 18.6 Å². The summed E-state index contributed by atoms with van der Waals surface area (Å²) in [6.07, 6.45) is 1.57. The summed E-state index contributed by atoms with van der Waals surface area (Å²) >= 11 is 0. The molecule has 0 bridgehead atoms. The SMILES string of the molecule is C=C(CNC(=O)NC1CC(N(CC)CC(=O)O)C1)c1ccccc1. The smallest absolute Gasteiger partial charge is 0.317 e. The number of nitrogens with one attached hydrogen (secondary N) is 2. The normalized spacial score (nSPS) is 19.4. The predicted molar refractivity (Wildman–Crippen MR) is 93.7 cm³/mol. The zero-order chi connectivity index (χ0) is 17.5. The maximum absolute atomic E-state index is 11.9. The quantitative estimate of drug-likeness (QED) is 0.680. The van der Waals surface area contributed by atoms with Crippen LogP contribution in [0, 0.1) is 0 Å². The standard InChI is InChI=1S/C18H25N3O3/c1-3-21(12-17(22)23)16-9-15(10-16)20-18(24)19-11-13(2)14-7-5-4-6-8-14/h4-8,15-16H,2-3,9-12H2,1H3,(H,22,23)(H2,19,20,24). The molecule has 0 aromatic heterocycles. The third-order valence-electron chi connectivity index (χ3n) is 4.35. The average molecular weight is 331 g/mol. The molecule has 1 saturated carbocycles. The molecule has 3 N–H and O–H groups in total. The molecule has 2 rings (SSSR count). The number of likely N-dealkylation sites (N-methyl/N-ethyl adjacent to an activating group) is 1. The largest absolute Gasteiger partial charge is 0.480 e. The number of benzene rings is 1. The van der Waals surface area contributed by atoms with Crippen LogP contribution in [-0.4, -0.2) is 53.7 Å². The fourth-order valence-electron chi connectivity index (χ4n) is 2.88. The van der Waals surface area contributed by atoms with Gasteiger partial charge in [-0.05, 0) is 30.5 Å². The summed E-state index contributed by atoms with van der Waals surface area (Å²) in [4.78, 5) is 24.7. The molecule has 1 aromatic carbocycles. The molecule has 0 aliphatic heterocycles. The molecule has 1 fully saturated rings. The van der Waals surface area contributed by atoms with Crippen molar-refractivity contribution in [2.75, 3.05) is 19.6 Å². The number of hydrogen-bond donors (Lipinski definition) is 3. The van der Waals surface area contributed by atoms with Gasteiger partial charge in [0.15, 0.2) is 0 Å². The zero-order valence-corrected chi connectivity index (χ0v) is 14.0. The lowest BCUT2D eigenvalue weighted by molar-refractivity contribution is -0.139. The summed E-state index contributed by atoms with van der Waals surface area (Å²) in [6, 6.07) is 9.85. The first kappa shape index (κ1) is 18.0. The molecule has 1 aliphatic carbocycles. The molecule has 1 aliphatic rings. The van der Waals surface area contributed by atoms with Crippen molar-refractivity contribution in [3.63, 3.8) is 0 Å². The molecular weight excluding hydrogens is 306 g/mol. The number of nitrogens with zero attached hydrogens (tertiary/aromatic N) is 1. The number of hydrogen-bond acceptors (Lipinski definition) is 3. The number of amides is 2. The summed E-state index contributed by atoms with van der Waals surface area (Å²) in [7, 11) is 0. The fraction of sp³-hybridized carbons (Fsp3) is 0.444. The van der Waals surface area contributed by atoms with Gasteiger partial charge in [0.05, 0.1) is 6.54 Å². The van der Waals surface area contributed by atoms with E-state index in [1.54, 1.807) is 0 Å². The molecule has 24 heavy (non-hydrogen) atoms.